The highest BCUT2D eigenvalue weighted by Gasteiger charge is 2.58. The third-order valence-corrected chi connectivity index (χ3v) is 2.86. The van der Waals surface area contributed by atoms with Crippen LogP contribution in [0.25, 0.3) is 0 Å². The van der Waals surface area contributed by atoms with Crippen molar-refractivity contribution in [3.05, 3.63) is 0 Å². The lowest BCUT2D eigenvalue weighted by Crippen LogP contribution is -2.42. The number of hydrogen-bond acceptors (Lipinski definition) is 4. The smallest absolute Gasteiger partial charge is 0.456 e. The van der Waals surface area contributed by atoms with Crippen molar-refractivity contribution in [1.82, 2.24) is 0 Å². The zero-order valence-electron chi connectivity index (χ0n) is 12.0. The van der Waals surface area contributed by atoms with Crippen LogP contribution in [0.3, 0.4) is 0 Å². The number of carbonyl (C=O) groups excluding carboxylic acids is 2. The average Bonchev–Trinajstić information content (AvgIpc) is 2.34. The highest BCUT2D eigenvalue weighted by Crippen LogP contribution is 2.35. The van der Waals surface area contributed by atoms with Crippen LogP contribution in [0.15, 0.2) is 0 Å². The molecule has 0 aromatic heterocycles. The molecule has 0 bridgehead atoms. The molecule has 124 valence electrons. The molecule has 9 heteroatoms. The van der Waals surface area contributed by atoms with Crippen LogP contribution >= 0.6 is 0 Å². The van der Waals surface area contributed by atoms with Gasteiger partial charge < -0.3 is 9.47 Å². The van der Waals surface area contributed by atoms with Gasteiger partial charge in [-0.05, 0) is 27.2 Å². The Morgan fingerprint density at radius 1 is 1.10 bits per heavy atom. The average molecular weight is 320 g/mol. The zero-order chi connectivity index (χ0) is 17.1. The standard InChI is InChI=1S/C12H17F5O4/c1-5-10(3,4)9(19)21-7(2)8(18)20-6-11(13,14)12(15,16)17/h7H,5-6H2,1-4H3. The largest absolute Gasteiger partial charge is 0.456 e. The molecule has 0 aliphatic heterocycles. The molecule has 0 rings (SSSR count). The number of carbonyl (C=O) groups is 2. The van der Waals surface area contributed by atoms with Gasteiger partial charge in [-0.15, -0.1) is 0 Å². The van der Waals surface area contributed by atoms with Crippen molar-refractivity contribution >= 4 is 11.9 Å². The van der Waals surface area contributed by atoms with E-state index in [9.17, 15) is 31.5 Å². The number of hydrogen-bond donors (Lipinski definition) is 0. The Kier molecular flexibility index (Phi) is 6.13. The predicted molar refractivity (Wildman–Crippen MR) is 61.6 cm³/mol. The van der Waals surface area contributed by atoms with Gasteiger partial charge in [0.2, 0.25) is 0 Å². The number of esters is 2. The molecule has 0 aromatic carbocycles. The summed E-state index contributed by atoms with van der Waals surface area (Å²) in [6, 6.07) is 0. The van der Waals surface area contributed by atoms with Crippen LogP contribution in [0, 0.1) is 5.41 Å². The maximum Gasteiger partial charge on any atom is 0.456 e. The van der Waals surface area contributed by atoms with E-state index >= 15 is 0 Å². The summed E-state index contributed by atoms with van der Waals surface area (Å²) in [6.45, 7) is 3.62. The highest BCUT2D eigenvalue weighted by molar-refractivity contribution is 5.81. The Morgan fingerprint density at radius 3 is 1.95 bits per heavy atom. The van der Waals surface area contributed by atoms with E-state index in [1.165, 1.54) is 13.8 Å². The summed E-state index contributed by atoms with van der Waals surface area (Å²) >= 11 is 0. The van der Waals surface area contributed by atoms with Crippen LogP contribution in [0.4, 0.5) is 22.0 Å². The quantitative estimate of drug-likeness (QED) is 0.557. The normalized spacial score (nSPS) is 14.5. The first-order chi connectivity index (χ1) is 9.24. The number of alkyl halides is 5. The second kappa shape index (κ2) is 6.57. The Labute approximate surface area is 118 Å². The molecule has 0 saturated carbocycles. The lowest BCUT2D eigenvalue weighted by atomic mass is 9.91. The highest BCUT2D eigenvalue weighted by atomic mass is 19.4. The van der Waals surface area contributed by atoms with E-state index in [0.717, 1.165) is 6.92 Å². The molecule has 4 nitrogen and oxygen atoms in total. The van der Waals surface area contributed by atoms with Gasteiger partial charge in [-0.2, -0.15) is 22.0 Å². The Balaban J connectivity index is 4.53. The Hall–Kier alpha value is -1.41. The summed E-state index contributed by atoms with van der Waals surface area (Å²) in [5.74, 6) is -7.41. The van der Waals surface area contributed by atoms with E-state index < -0.39 is 42.2 Å². The minimum absolute atomic E-state index is 0.389. The lowest BCUT2D eigenvalue weighted by Gasteiger charge is -2.23. The Bertz CT molecular complexity index is 390. The number of rotatable bonds is 6. The summed E-state index contributed by atoms with van der Waals surface area (Å²) in [5, 5.41) is 0. The van der Waals surface area contributed by atoms with Crippen molar-refractivity contribution in [1.29, 1.82) is 0 Å². The van der Waals surface area contributed by atoms with Gasteiger partial charge in [0.1, 0.15) is 0 Å². The number of halogens is 5. The van der Waals surface area contributed by atoms with Gasteiger partial charge >= 0.3 is 24.0 Å². The summed E-state index contributed by atoms with van der Waals surface area (Å²) in [5.41, 5.74) is -0.912. The molecular weight excluding hydrogens is 303 g/mol. The van der Waals surface area contributed by atoms with Gasteiger partial charge in [-0.1, -0.05) is 6.92 Å². The molecule has 0 aliphatic rings. The Morgan fingerprint density at radius 2 is 1.57 bits per heavy atom. The third-order valence-electron chi connectivity index (χ3n) is 2.86. The minimum atomic E-state index is -5.82. The van der Waals surface area contributed by atoms with Gasteiger partial charge in [0.25, 0.3) is 0 Å². The van der Waals surface area contributed by atoms with Crippen LogP contribution in [-0.2, 0) is 19.1 Å². The van der Waals surface area contributed by atoms with E-state index in [2.05, 4.69) is 9.47 Å². The first-order valence-corrected chi connectivity index (χ1v) is 6.07. The van der Waals surface area contributed by atoms with Gasteiger partial charge in [0.05, 0.1) is 5.41 Å². The van der Waals surface area contributed by atoms with Gasteiger partial charge in [0, 0.05) is 0 Å². The van der Waals surface area contributed by atoms with Crippen molar-refractivity contribution in [3.8, 4) is 0 Å². The zero-order valence-corrected chi connectivity index (χ0v) is 12.0. The molecule has 1 atom stereocenters. The molecule has 0 amide bonds. The van der Waals surface area contributed by atoms with Crippen molar-refractivity contribution in [2.24, 2.45) is 5.41 Å². The fraction of sp³-hybridized carbons (Fsp3) is 0.833. The monoisotopic (exact) mass is 320 g/mol. The molecule has 0 N–H and O–H groups in total. The van der Waals surface area contributed by atoms with Gasteiger partial charge in [-0.25, -0.2) is 4.79 Å². The molecule has 0 heterocycles. The van der Waals surface area contributed by atoms with Crippen LogP contribution in [0.5, 0.6) is 0 Å². The van der Waals surface area contributed by atoms with Crippen LogP contribution < -0.4 is 0 Å². The summed E-state index contributed by atoms with van der Waals surface area (Å²) in [6.07, 6.45) is -7.01. The number of ether oxygens (including phenoxy) is 2. The van der Waals surface area contributed by atoms with E-state index in [0.29, 0.717) is 6.42 Å². The maximum atomic E-state index is 12.6. The predicted octanol–water partition coefficient (Wildman–Crippen LogP) is 3.10. The molecular formula is C12H17F5O4. The minimum Gasteiger partial charge on any atom is -0.456 e. The van der Waals surface area contributed by atoms with Crippen molar-refractivity contribution in [2.75, 3.05) is 6.61 Å². The fourth-order valence-corrected chi connectivity index (χ4v) is 0.873. The second-order valence-corrected chi connectivity index (χ2v) is 5.09. The SMILES string of the molecule is CCC(C)(C)C(=O)OC(C)C(=O)OCC(F)(F)C(F)(F)F. The van der Waals surface area contributed by atoms with Crippen LogP contribution in [0.1, 0.15) is 34.1 Å². The molecule has 0 aromatic rings. The van der Waals surface area contributed by atoms with Crippen LogP contribution in [0.2, 0.25) is 0 Å². The molecule has 0 aliphatic carbocycles. The molecule has 0 fully saturated rings. The van der Waals surface area contributed by atoms with Crippen molar-refractivity contribution in [3.63, 3.8) is 0 Å². The molecule has 0 spiro atoms. The first kappa shape index (κ1) is 19.6. The van der Waals surface area contributed by atoms with E-state index in [4.69, 9.17) is 0 Å². The summed E-state index contributed by atoms with van der Waals surface area (Å²) < 4.78 is 69.2. The van der Waals surface area contributed by atoms with Crippen LogP contribution in [-0.4, -0.2) is 36.7 Å². The lowest BCUT2D eigenvalue weighted by molar-refractivity contribution is -0.294. The molecule has 0 saturated heterocycles. The van der Waals surface area contributed by atoms with E-state index in [-0.39, 0.29) is 0 Å². The van der Waals surface area contributed by atoms with Gasteiger partial charge in [0.15, 0.2) is 12.7 Å². The molecule has 1 unspecified atom stereocenters. The third kappa shape index (κ3) is 5.47. The second-order valence-electron chi connectivity index (χ2n) is 5.09. The topological polar surface area (TPSA) is 52.6 Å². The van der Waals surface area contributed by atoms with Gasteiger partial charge in [-0.3, -0.25) is 4.79 Å². The first-order valence-electron chi connectivity index (χ1n) is 6.07. The van der Waals surface area contributed by atoms with E-state index in [1.807, 2.05) is 0 Å². The fourth-order valence-electron chi connectivity index (χ4n) is 0.873. The maximum absolute atomic E-state index is 12.6. The van der Waals surface area contributed by atoms with Crippen molar-refractivity contribution < 1.29 is 41.0 Å². The van der Waals surface area contributed by atoms with E-state index in [1.54, 1.807) is 6.92 Å². The molecule has 0 radical (unpaired) electrons. The summed E-state index contributed by atoms with van der Waals surface area (Å²) in [7, 11) is 0. The summed E-state index contributed by atoms with van der Waals surface area (Å²) in [4.78, 5) is 22.9. The molecule has 21 heavy (non-hydrogen) atoms. The van der Waals surface area contributed by atoms with Crippen molar-refractivity contribution in [2.45, 2.75) is 52.3 Å².